The van der Waals surface area contributed by atoms with Crippen LogP contribution in [0.3, 0.4) is 0 Å². The van der Waals surface area contributed by atoms with Gasteiger partial charge in [-0.2, -0.15) is 5.10 Å². The van der Waals surface area contributed by atoms with Crippen LogP contribution in [0.5, 0.6) is 5.75 Å². The second-order valence-corrected chi connectivity index (χ2v) is 7.22. The van der Waals surface area contributed by atoms with Crippen molar-refractivity contribution in [3.63, 3.8) is 0 Å². The molecule has 1 unspecified atom stereocenters. The average molecular weight is 364 g/mol. The number of benzene rings is 1. The fraction of sp³-hybridized carbons (Fsp3) is 0.381. The topological polar surface area (TPSA) is 79.9 Å². The lowest BCUT2D eigenvalue weighted by molar-refractivity contribution is 0.0951. The summed E-state index contributed by atoms with van der Waals surface area (Å²) in [5.41, 5.74) is 5.51. The van der Waals surface area contributed by atoms with E-state index in [9.17, 15) is 4.79 Å². The van der Waals surface area contributed by atoms with E-state index in [0.29, 0.717) is 23.7 Å². The van der Waals surface area contributed by atoms with Crippen LogP contribution < -0.4 is 10.1 Å². The first kappa shape index (κ1) is 17.5. The Balaban J connectivity index is 1.55. The molecule has 2 N–H and O–H groups in total. The molecule has 1 aromatic carbocycles. The van der Waals surface area contributed by atoms with E-state index in [4.69, 9.17) is 4.74 Å². The highest BCUT2D eigenvalue weighted by Gasteiger charge is 2.22. The number of rotatable bonds is 4. The van der Waals surface area contributed by atoms with Gasteiger partial charge in [0.25, 0.3) is 5.91 Å². The van der Waals surface area contributed by atoms with E-state index in [1.807, 2.05) is 26.0 Å². The molecular formula is C21H24N4O2. The minimum Gasteiger partial charge on any atom is -0.497 e. The van der Waals surface area contributed by atoms with Crippen LogP contribution in [0.1, 0.15) is 51.6 Å². The molecule has 3 aromatic rings. The standard InChI is InChI=1S/C21H24N4O2/c1-12-9-18(19-13(2)24-25-20(19)23-12)21(26)22-11-15-6-4-5-14-10-16(27-3)7-8-17(14)15/h7-10,15H,4-6,11H2,1-3H3,(H,22,26)(H,23,24,25). The summed E-state index contributed by atoms with van der Waals surface area (Å²) in [6.45, 7) is 4.41. The van der Waals surface area contributed by atoms with Gasteiger partial charge >= 0.3 is 0 Å². The predicted octanol–water partition coefficient (Wildman–Crippen LogP) is 3.43. The molecule has 0 aliphatic heterocycles. The second-order valence-electron chi connectivity index (χ2n) is 7.22. The Morgan fingerprint density at radius 1 is 1.33 bits per heavy atom. The lowest BCUT2D eigenvalue weighted by Crippen LogP contribution is -2.30. The lowest BCUT2D eigenvalue weighted by atomic mass is 9.82. The number of nitrogens with zero attached hydrogens (tertiary/aromatic N) is 2. The van der Waals surface area contributed by atoms with Crippen molar-refractivity contribution in [1.29, 1.82) is 0 Å². The Labute approximate surface area is 158 Å². The Bertz CT molecular complexity index is 1010. The van der Waals surface area contributed by atoms with E-state index >= 15 is 0 Å². The molecule has 0 bridgehead atoms. The molecule has 0 saturated carbocycles. The number of nitrogens with one attached hydrogen (secondary N) is 2. The third-order valence-corrected chi connectivity index (χ3v) is 5.38. The smallest absolute Gasteiger partial charge is 0.252 e. The molecule has 0 spiro atoms. The van der Waals surface area contributed by atoms with Crippen LogP contribution in [-0.2, 0) is 6.42 Å². The van der Waals surface area contributed by atoms with Gasteiger partial charge in [-0.1, -0.05) is 6.07 Å². The Morgan fingerprint density at radius 3 is 3.00 bits per heavy atom. The summed E-state index contributed by atoms with van der Waals surface area (Å²) in [7, 11) is 1.69. The maximum Gasteiger partial charge on any atom is 0.252 e. The summed E-state index contributed by atoms with van der Waals surface area (Å²) in [6.07, 6.45) is 3.27. The van der Waals surface area contributed by atoms with E-state index in [1.165, 1.54) is 11.1 Å². The molecule has 1 amide bonds. The van der Waals surface area contributed by atoms with Crippen LogP contribution in [0.2, 0.25) is 0 Å². The molecule has 2 aromatic heterocycles. The highest BCUT2D eigenvalue weighted by atomic mass is 16.5. The molecule has 1 aliphatic carbocycles. The number of carbonyl (C=O) groups excluding carboxylic acids is 1. The highest BCUT2D eigenvalue weighted by Crippen LogP contribution is 2.33. The third kappa shape index (κ3) is 3.27. The van der Waals surface area contributed by atoms with Crippen LogP contribution in [0, 0.1) is 13.8 Å². The Morgan fingerprint density at radius 2 is 2.19 bits per heavy atom. The fourth-order valence-corrected chi connectivity index (χ4v) is 4.02. The summed E-state index contributed by atoms with van der Waals surface area (Å²) < 4.78 is 5.34. The monoisotopic (exact) mass is 364 g/mol. The molecule has 27 heavy (non-hydrogen) atoms. The van der Waals surface area contributed by atoms with Crippen molar-refractivity contribution in [3.8, 4) is 5.75 Å². The van der Waals surface area contributed by atoms with Crippen LogP contribution in [0.15, 0.2) is 24.3 Å². The normalized spacial score (nSPS) is 16.2. The molecule has 0 fully saturated rings. The van der Waals surface area contributed by atoms with Gasteiger partial charge in [-0.25, -0.2) is 4.98 Å². The number of ether oxygens (including phenoxy) is 1. The van der Waals surface area contributed by atoms with E-state index in [-0.39, 0.29) is 5.91 Å². The molecule has 0 saturated heterocycles. The van der Waals surface area contributed by atoms with Gasteiger partial charge in [0.05, 0.1) is 18.1 Å². The van der Waals surface area contributed by atoms with Gasteiger partial charge in [0.15, 0.2) is 5.65 Å². The molecule has 1 atom stereocenters. The van der Waals surface area contributed by atoms with E-state index in [0.717, 1.165) is 41.8 Å². The third-order valence-electron chi connectivity index (χ3n) is 5.38. The number of aryl methyl sites for hydroxylation is 3. The van der Waals surface area contributed by atoms with Crippen molar-refractivity contribution in [1.82, 2.24) is 20.5 Å². The number of H-pyrrole nitrogens is 1. The maximum atomic E-state index is 12.9. The molecule has 140 valence electrons. The Hall–Kier alpha value is -2.89. The zero-order chi connectivity index (χ0) is 19.0. The zero-order valence-electron chi connectivity index (χ0n) is 15.9. The first-order valence-corrected chi connectivity index (χ1v) is 9.34. The highest BCUT2D eigenvalue weighted by molar-refractivity contribution is 6.06. The van der Waals surface area contributed by atoms with Gasteiger partial charge in [-0.15, -0.1) is 0 Å². The van der Waals surface area contributed by atoms with Crippen molar-refractivity contribution < 1.29 is 9.53 Å². The van der Waals surface area contributed by atoms with Crippen LogP contribution in [0.25, 0.3) is 11.0 Å². The predicted molar refractivity (Wildman–Crippen MR) is 104 cm³/mol. The minimum atomic E-state index is -0.0735. The molecule has 6 nitrogen and oxygen atoms in total. The molecule has 0 radical (unpaired) electrons. The second kappa shape index (κ2) is 7.02. The van der Waals surface area contributed by atoms with Gasteiger partial charge in [0, 0.05) is 23.9 Å². The molecule has 6 heteroatoms. The van der Waals surface area contributed by atoms with Crippen molar-refractivity contribution in [2.24, 2.45) is 0 Å². The van der Waals surface area contributed by atoms with Crippen molar-refractivity contribution in [3.05, 3.63) is 52.3 Å². The number of hydrogen-bond acceptors (Lipinski definition) is 4. The van der Waals surface area contributed by atoms with Gasteiger partial charge in [-0.3, -0.25) is 9.89 Å². The Kier molecular flexibility index (Phi) is 4.56. The number of pyridine rings is 1. The number of amides is 1. The van der Waals surface area contributed by atoms with E-state index < -0.39 is 0 Å². The SMILES string of the molecule is COc1ccc2c(c1)CCCC2CNC(=O)c1cc(C)nc2n[nH]c(C)c12. The van der Waals surface area contributed by atoms with E-state index in [2.05, 4.69) is 32.6 Å². The summed E-state index contributed by atoms with van der Waals surface area (Å²) >= 11 is 0. The first-order chi connectivity index (χ1) is 13.1. The molecule has 1 aliphatic rings. The van der Waals surface area contributed by atoms with Crippen molar-refractivity contribution >= 4 is 16.9 Å². The first-order valence-electron chi connectivity index (χ1n) is 9.34. The summed E-state index contributed by atoms with van der Waals surface area (Å²) in [5, 5.41) is 11.0. The number of aromatic nitrogens is 3. The maximum absolute atomic E-state index is 12.9. The largest absolute Gasteiger partial charge is 0.497 e. The molecular weight excluding hydrogens is 340 g/mol. The average Bonchev–Trinajstić information content (AvgIpc) is 3.05. The molecule has 2 heterocycles. The van der Waals surface area contributed by atoms with E-state index in [1.54, 1.807) is 7.11 Å². The summed E-state index contributed by atoms with van der Waals surface area (Å²) in [6, 6.07) is 8.09. The van der Waals surface area contributed by atoms with Crippen molar-refractivity contribution in [2.75, 3.05) is 13.7 Å². The quantitative estimate of drug-likeness (QED) is 0.743. The van der Waals surface area contributed by atoms with Gasteiger partial charge in [-0.05, 0) is 62.4 Å². The van der Waals surface area contributed by atoms with Crippen molar-refractivity contribution in [2.45, 2.75) is 39.0 Å². The number of hydrogen-bond donors (Lipinski definition) is 2. The molecule has 4 rings (SSSR count). The number of fused-ring (bicyclic) bond motifs is 2. The van der Waals surface area contributed by atoms with Crippen LogP contribution in [0.4, 0.5) is 0 Å². The van der Waals surface area contributed by atoms with Gasteiger partial charge in [0.1, 0.15) is 5.75 Å². The lowest BCUT2D eigenvalue weighted by Gasteiger charge is -2.26. The van der Waals surface area contributed by atoms with Gasteiger partial charge < -0.3 is 10.1 Å². The summed E-state index contributed by atoms with van der Waals surface area (Å²) in [4.78, 5) is 17.3. The van der Waals surface area contributed by atoms with Gasteiger partial charge in [0.2, 0.25) is 0 Å². The number of carbonyl (C=O) groups is 1. The van der Waals surface area contributed by atoms with Crippen LogP contribution >= 0.6 is 0 Å². The number of aromatic amines is 1. The van der Waals surface area contributed by atoms with Crippen LogP contribution in [-0.4, -0.2) is 34.7 Å². The minimum absolute atomic E-state index is 0.0735. The zero-order valence-corrected chi connectivity index (χ0v) is 15.9. The summed E-state index contributed by atoms with van der Waals surface area (Å²) in [5.74, 6) is 1.15. The fourth-order valence-electron chi connectivity index (χ4n) is 4.02. The number of methoxy groups -OCH3 is 1.